The average molecular weight is 644 g/mol. The highest BCUT2D eigenvalue weighted by Crippen LogP contribution is 2.41. The van der Waals surface area contributed by atoms with Crippen LogP contribution in [0.4, 0.5) is 0 Å². The van der Waals surface area contributed by atoms with Gasteiger partial charge in [-0.3, -0.25) is 0 Å². The van der Waals surface area contributed by atoms with Gasteiger partial charge in [0, 0.05) is 38.4 Å². The Morgan fingerprint density at radius 1 is 0.440 bits per heavy atom. The highest BCUT2D eigenvalue weighted by Gasteiger charge is 2.22. The summed E-state index contributed by atoms with van der Waals surface area (Å²) in [6.45, 7) is 0. The first kappa shape index (κ1) is 28.4. The first-order valence-electron chi connectivity index (χ1n) is 16.9. The Morgan fingerprint density at radius 2 is 1.08 bits per heavy atom. The smallest absolute Gasteiger partial charge is 0.164 e. The van der Waals surface area contributed by atoms with Crippen LogP contribution in [0.15, 0.2) is 154 Å². The minimum Gasteiger partial charge on any atom is -0.456 e. The zero-order valence-corrected chi connectivity index (χ0v) is 27.0. The Labute approximate surface area is 288 Å². The second-order valence-corrected chi connectivity index (χ2v) is 12.6. The molecule has 6 aromatic carbocycles. The van der Waals surface area contributed by atoms with Crippen molar-refractivity contribution in [3.8, 4) is 56.4 Å². The SMILES string of the molecule is C1=Cc2oc3cccc(-c4nc(-c5ccc6oc7ccccc7c6c5)nc(-c5ccccc5-c5ccccc5-c5ccccc5)n4)c3c2CC1. The van der Waals surface area contributed by atoms with Crippen molar-refractivity contribution >= 4 is 39.0 Å². The first-order chi connectivity index (χ1) is 24.8. The number of allylic oxidation sites excluding steroid dienone is 1. The molecule has 0 amide bonds. The number of hydrogen-bond acceptors (Lipinski definition) is 5. The molecule has 0 N–H and O–H groups in total. The molecular formula is C45H29N3O2. The number of nitrogens with zero attached hydrogens (tertiary/aromatic N) is 3. The second kappa shape index (κ2) is 11.5. The van der Waals surface area contributed by atoms with Crippen molar-refractivity contribution in [2.75, 3.05) is 0 Å². The first-order valence-corrected chi connectivity index (χ1v) is 16.9. The molecular weight excluding hydrogens is 615 g/mol. The van der Waals surface area contributed by atoms with Gasteiger partial charge in [-0.25, -0.2) is 15.0 Å². The highest BCUT2D eigenvalue weighted by atomic mass is 16.3. The summed E-state index contributed by atoms with van der Waals surface area (Å²) >= 11 is 0. The van der Waals surface area contributed by atoms with Crippen LogP contribution in [0.1, 0.15) is 17.7 Å². The van der Waals surface area contributed by atoms with E-state index in [1.165, 1.54) is 5.56 Å². The maximum atomic E-state index is 6.33. The molecule has 0 saturated heterocycles. The summed E-state index contributed by atoms with van der Waals surface area (Å²) in [4.78, 5) is 15.7. The summed E-state index contributed by atoms with van der Waals surface area (Å²) in [6, 6.07) is 47.9. The van der Waals surface area contributed by atoms with Gasteiger partial charge < -0.3 is 8.83 Å². The molecule has 0 aliphatic heterocycles. The number of para-hydroxylation sites is 1. The topological polar surface area (TPSA) is 65.0 Å². The Balaban J connectivity index is 1.23. The fourth-order valence-electron chi connectivity index (χ4n) is 7.33. The van der Waals surface area contributed by atoms with Crippen molar-refractivity contribution in [3.05, 3.63) is 157 Å². The molecule has 236 valence electrons. The third-order valence-corrected chi connectivity index (χ3v) is 9.66. The molecule has 50 heavy (non-hydrogen) atoms. The standard InChI is InChI=1S/C45H29N3O2/c1-2-13-28(14-3-1)30-15-4-5-16-31(30)32-17-6-7-19-34(32)44-46-43(29-25-26-40-37(27-29)33-18-8-10-22-38(33)49-40)47-45(48-44)36-21-12-24-41-42(36)35-20-9-11-23-39(35)50-41/h1-8,10-19,21-27H,9,20H2. The lowest BCUT2D eigenvalue weighted by molar-refractivity contribution is 0.595. The Kier molecular flexibility index (Phi) is 6.56. The molecule has 1 aliphatic carbocycles. The Hall–Kier alpha value is -6.59. The van der Waals surface area contributed by atoms with Crippen LogP contribution in [-0.4, -0.2) is 15.0 Å². The fraction of sp³-hybridized carbons (Fsp3) is 0.0444. The molecule has 0 spiro atoms. The minimum atomic E-state index is 0.595. The molecule has 5 nitrogen and oxygen atoms in total. The summed E-state index contributed by atoms with van der Waals surface area (Å²) in [6.07, 6.45) is 6.13. The second-order valence-electron chi connectivity index (χ2n) is 12.6. The average Bonchev–Trinajstić information content (AvgIpc) is 3.76. The van der Waals surface area contributed by atoms with Crippen LogP contribution < -0.4 is 0 Å². The molecule has 0 unspecified atom stereocenters. The normalized spacial score (nSPS) is 12.6. The largest absolute Gasteiger partial charge is 0.456 e. The number of rotatable bonds is 5. The van der Waals surface area contributed by atoms with Gasteiger partial charge in [-0.1, -0.05) is 115 Å². The van der Waals surface area contributed by atoms with E-state index in [0.29, 0.717) is 17.5 Å². The van der Waals surface area contributed by atoms with Crippen LogP contribution in [0, 0.1) is 0 Å². The van der Waals surface area contributed by atoms with Gasteiger partial charge in [-0.2, -0.15) is 0 Å². The number of fused-ring (bicyclic) bond motifs is 6. The van der Waals surface area contributed by atoms with Gasteiger partial charge in [0.05, 0.1) is 0 Å². The van der Waals surface area contributed by atoms with Crippen LogP contribution in [0.2, 0.25) is 0 Å². The van der Waals surface area contributed by atoms with E-state index in [-0.39, 0.29) is 0 Å². The molecule has 0 atom stereocenters. The molecule has 3 aromatic heterocycles. The summed E-state index contributed by atoms with van der Waals surface area (Å²) in [5, 5.41) is 3.15. The van der Waals surface area contributed by atoms with Gasteiger partial charge in [-0.15, -0.1) is 0 Å². The van der Waals surface area contributed by atoms with Crippen molar-refractivity contribution in [3.63, 3.8) is 0 Å². The lowest BCUT2D eigenvalue weighted by atomic mass is 9.91. The summed E-state index contributed by atoms with van der Waals surface area (Å²) in [7, 11) is 0. The maximum Gasteiger partial charge on any atom is 0.164 e. The van der Waals surface area contributed by atoms with Crippen LogP contribution in [0.25, 0.3) is 95.4 Å². The quantitative estimate of drug-likeness (QED) is 0.187. The zero-order valence-electron chi connectivity index (χ0n) is 27.0. The monoisotopic (exact) mass is 643 g/mol. The van der Waals surface area contributed by atoms with Crippen molar-refractivity contribution in [2.24, 2.45) is 0 Å². The maximum absolute atomic E-state index is 6.33. The van der Waals surface area contributed by atoms with E-state index in [1.807, 2.05) is 48.5 Å². The lowest BCUT2D eigenvalue weighted by Gasteiger charge is -2.15. The van der Waals surface area contributed by atoms with E-state index in [9.17, 15) is 0 Å². The number of benzene rings is 6. The molecule has 0 radical (unpaired) electrons. The van der Waals surface area contributed by atoms with Crippen molar-refractivity contribution in [1.82, 2.24) is 15.0 Å². The molecule has 1 aliphatic rings. The van der Waals surface area contributed by atoms with Gasteiger partial charge in [0.25, 0.3) is 0 Å². The van der Waals surface area contributed by atoms with Gasteiger partial charge in [0.2, 0.25) is 0 Å². The summed E-state index contributed by atoms with van der Waals surface area (Å²) in [5.74, 6) is 2.72. The number of aryl methyl sites for hydroxylation is 1. The van der Waals surface area contributed by atoms with E-state index in [0.717, 1.165) is 90.5 Å². The third kappa shape index (κ3) is 4.66. The van der Waals surface area contributed by atoms with Gasteiger partial charge in [0.1, 0.15) is 22.5 Å². The van der Waals surface area contributed by atoms with Crippen LogP contribution in [0.5, 0.6) is 0 Å². The summed E-state index contributed by atoms with van der Waals surface area (Å²) in [5.41, 5.74) is 10.9. The number of furan rings is 2. The van der Waals surface area contributed by atoms with Crippen LogP contribution in [-0.2, 0) is 6.42 Å². The van der Waals surface area contributed by atoms with Crippen molar-refractivity contribution in [2.45, 2.75) is 12.8 Å². The molecule has 10 rings (SSSR count). The fourth-order valence-corrected chi connectivity index (χ4v) is 7.33. The van der Waals surface area contributed by atoms with Crippen molar-refractivity contribution in [1.29, 1.82) is 0 Å². The minimum absolute atomic E-state index is 0.595. The molecule has 3 heterocycles. The lowest BCUT2D eigenvalue weighted by Crippen LogP contribution is -2.02. The van der Waals surface area contributed by atoms with Crippen LogP contribution >= 0.6 is 0 Å². The van der Waals surface area contributed by atoms with Gasteiger partial charge in [0.15, 0.2) is 17.5 Å². The zero-order chi connectivity index (χ0) is 33.0. The predicted molar refractivity (Wildman–Crippen MR) is 201 cm³/mol. The number of aromatic nitrogens is 3. The molecule has 9 aromatic rings. The van der Waals surface area contributed by atoms with E-state index in [1.54, 1.807) is 0 Å². The van der Waals surface area contributed by atoms with Gasteiger partial charge in [-0.05, 0) is 71.5 Å². The molecule has 5 heteroatoms. The highest BCUT2D eigenvalue weighted by molar-refractivity contribution is 6.06. The Bertz CT molecular complexity index is 2770. The van der Waals surface area contributed by atoms with E-state index in [2.05, 4.69) is 103 Å². The Morgan fingerprint density at radius 3 is 1.94 bits per heavy atom. The summed E-state index contributed by atoms with van der Waals surface area (Å²) < 4.78 is 12.5. The predicted octanol–water partition coefficient (Wildman–Crippen LogP) is 11.8. The number of hydrogen-bond donors (Lipinski definition) is 0. The van der Waals surface area contributed by atoms with Gasteiger partial charge >= 0.3 is 0 Å². The molecule has 0 bridgehead atoms. The van der Waals surface area contributed by atoms with E-state index < -0.39 is 0 Å². The van der Waals surface area contributed by atoms with Crippen LogP contribution in [0.3, 0.4) is 0 Å². The third-order valence-electron chi connectivity index (χ3n) is 9.66. The molecule has 0 saturated carbocycles. The van der Waals surface area contributed by atoms with Crippen molar-refractivity contribution < 1.29 is 8.83 Å². The molecule has 0 fully saturated rings. The van der Waals surface area contributed by atoms with E-state index >= 15 is 0 Å². The van der Waals surface area contributed by atoms with E-state index in [4.69, 9.17) is 23.8 Å².